The van der Waals surface area contributed by atoms with Crippen LogP contribution in [0.5, 0.6) is 5.88 Å². The van der Waals surface area contributed by atoms with Crippen molar-refractivity contribution in [3.63, 3.8) is 0 Å². The molecule has 19 heavy (non-hydrogen) atoms. The van der Waals surface area contributed by atoms with Crippen molar-refractivity contribution in [2.45, 2.75) is 45.1 Å². The van der Waals surface area contributed by atoms with E-state index in [0.29, 0.717) is 17.8 Å². The van der Waals surface area contributed by atoms with E-state index in [2.05, 4.69) is 22.4 Å². The zero-order valence-electron chi connectivity index (χ0n) is 12.2. The second kappa shape index (κ2) is 6.85. The maximum Gasteiger partial charge on any atom is 0.233 e. The standard InChI is InChI=1S/C15H25N3O/c1-4-11-5-7-12(8-6-11)15(16-2)13-9-10-14(19-3)18-17-13/h9-12,15-16H,4-8H2,1-3H3. The summed E-state index contributed by atoms with van der Waals surface area (Å²) in [6.45, 7) is 2.30. The predicted molar refractivity (Wildman–Crippen MR) is 76.1 cm³/mol. The molecule has 1 unspecified atom stereocenters. The lowest BCUT2D eigenvalue weighted by Gasteiger charge is -2.33. The van der Waals surface area contributed by atoms with Gasteiger partial charge >= 0.3 is 0 Å². The molecule has 0 radical (unpaired) electrons. The molecule has 0 spiro atoms. The summed E-state index contributed by atoms with van der Waals surface area (Å²) in [5.41, 5.74) is 1.03. The van der Waals surface area contributed by atoms with Crippen molar-refractivity contribution in [1.29, 1.82) is 0 Å². The Kier molecular flexibility index (Phi) is 5.14. The van der Waals surface area contributed by atoms with Crippen molar-refractivity contribution in [1.82, 2.24) is 15.5 Å². The minimum atomic E-state index is 0.316. The summed E-state index contributed by atoms with van der Waals surface area (Å²) in [7, 11) is 3.63. The molecular weight excluding hydrogens is 238 g/mol. The highest BCUT2D eigenvalue weighted by Gasteiger charge is 2.28. The number of nitrogens with zero attached hydrogens (tertiary/aromatic N) is 2. The first kappa shape index (κ1) is 14.3. The normalized spacial score (nSPS) is 25.0. The van der Waals surface area contributed by atoms with Crippen LogP contribution in [0, 0.1) is 11.8 Å². The van der Waals surface area contributed by atoms with Gasteiger partial charge in [0.1, 0.15) is 0 Å². The van der Waals surface area contributed by atoms with Crippen molar-refractivity contribution in [2.24, 2.45) is 11.8 Å². The van der Waals surface area contributed by atoms with E-state index < -0.39 is 0 Å². The van der Waals surface area contributed by atoms with Gasteiger partial charge in [0, 0.05) is 6.07 Å². The van der Waals surface area contributed by atoms with Crippen molar-refractivity contribution in [3.05, 3.63) is 17.8 Å². The van der Waals surface area contributed by atoms with Gasteiger partial charge < -0.3 is 10.1 Å². The largest absolute Gasteiger partial charge is 0.480 e. The summed E-state index contributed by atoms with van der Waals surface area (Å²) in [5.74, 6) is 2.18. The molecule has 1 heterocycles. The third-order valence-electron chi connectivity index (χ3n) is 4.44. The molecule has 0 aliphatic heterocycles. The zero-order valence-corrected chi connectivity index (χ0v) is 12.2. The van der Waals surface area contributed by atoms with Crippen LogP contribution in [0.3, 0.4) is 0 Å². The summed E-state index contributed by atoms with van der Waals surface area (Å²) in [6.07, 6.45) is 6.60. The molecule has 1 N–H and O–H groups in total. The fourth-order valence-electron chi connectivity index (χ4n) is 3.16. The van der Waals surface area contributed by atoms with Crippen LogP contribution in [0.15, 0.2) is 12.1 Å². The molecule has 1 atom stereocenters. The van der Waals surface area contributed by atoms with Crippen LogP contribution in [0.1, 0.15) is 50.8 Å². The van der Waals surface area contributed by atoms with Crippen LogP contribution >= 0.6 is 0 Å². The number of rotatable bonds is 5. The number of aromatic nitrogens is 2. The smallest absolute Gasteiger partial charge is 0.233 e. The number of nitrogens with one attached hydrogen (secondary N) is 1. The van der Waals surface area contributed by atoms with Crippen molar-refractivity contribution < 1.29 is 4.74 Å². The molecule has 1 aromatic heterocycles. The highest BCUT2D eigenvalue weighted by Crippen LogP contribution is 2.37. The summed E-state index contributed by atoms with van der Waals surface area (Å²) >= 11 is 0. The number of hydrogen-bond acceptors (Lipinski definition) is 4. The van der Waals surface area contributed by atoms with Crippen molar-refractivity contribution >= 4 is 0 Å². The van der Waals surface area contributed by atoms with Crippen molar-refractivity contribution in [2.75, 3.05) is 14.2 Å². The molecule has 0 aromatic carbocycles. The molecule has 106 valence electrons. The van der Waals surface area contributed by atoms with Crippen LogP contribution in [0.4, 0.5) is 0 Å². The van der Waals surface area contributed by atoms with Gasteiger partial charge in [0.2, 0.25) is 5.88 Å². The minimum absolute atomic E-state index is 0.316. The highest BCUT2D eigenvalue weighted by atomic mass is 16.5. The Bertz CT molecular complexity index is 371. The van der Waals surface area contributed by atoms with Gasteiger partial charge in [-0.05, 0) is 37.8 Å². The first-order valence-electron chi connectivity index (χ1n) is 7.33. The molecule has 2 rings (SSSR count). The number of methoxy groups -OCH3 is 1. The third-order valence-corrected chi connectivity index (χ3v) is 4.44. The lowest BCUT2D eigenvalue weighted by atomic mass is 9.77. The van der Waals surface area contributed by atoms with Gasteiger partial charge in [-0.3, -0.25) is 0 Å². The van der Waals surface area contributed by atoms with Crippen LogP contribution in [0.25, 0.3) is 0 Å². The van der Waals surface area contributed by atoms with Gasteiger partial charge in [-0.15, -0.1) is 5.10 Å². The van der Waals surface area contributed by atoms with E-state index in [1.807, 2.05) is 19.2 Å². The predicted octanol–water partition coefficient (Wildman–Crippen LogP) is 2.96. The average molecular weight is 263 g/mol. The summed E-state index contributed by atoms with van der Waals surface area (Å²) in [4.78, 5) is 0. The van der Waals surface area contributed by atoms with Crippen LogP contribution < -0.4 is 10.1 Å². The van der Waals surface area contributed by atoms with E-state index in [-0.39, 0.29) is 0 Å². The lowest BCUT2D eigenvalue weighted by molar-refractivity contribution is 0.221. The topological polar surface area (TPSA) is 47.0 Å². The molecule has 0 bridgehead atoms. The van der Waals surface area contributed by atoms with Crippen LogP contribution in [-0.4, -0.2) is 24.4 Å². The molecule has 1 fully saturated rings. The van der Waals surface area contributed by atoms with E-state index in [9.17, 15) is 0 Å². The Hall–Kier alpha value is -1.16. The van der Waals surface area contributed by atoms with Gasteiger partial charge in [-0.2, -0.15) is 5.10 Å². The molecule has 1 aliphatic rings. The zero-order chi connectivity index (χ0) is 13.7. The van der Waals surface area contributed by atoms with Gasteiger partial charge in [-0.1, -0.05) is 26.2 Å². The fraction of sp³-hybridized carbons (Fsp3) is 0.733. The van der Waals surface area contributed by atoms with Crippen LogP contribution in [-0.2, 0) is 0 Å². The molecule has 1 aromatic rings. The van der Waals surface area contributed by atoms with E-state index in [0.717, 1.165) is 11.6 Å². The summed E-state index contributed by atoms with van der Waals surface area (Å²) in [6, 6.07) is 4.24. The molecule has 0 amide bonds. The number of hydrogen-bond donors (Lipinski definition) is 1. The maximum absolute atomic E-state index is 5.06. The maximum atomic E-state index is 5.06. The quantitative estimate of drug-likeness (QED) is 0.887. The average Bonchev–Trinajstić information content (AvgIpc) is 2.49. The Balaban J connectivity index is 2.03. The highest BCUT2D eigenvalue weighted by molar-refractivity contribution is 5.15. The molecule has 0 saturated heterocycles. The monoisotopic (exact) mass is 263 g/mol. The molecular formula is C15H25N3O. The van der Waals surface area contributed by atoms with E-state index >= 15 is 0 Å². The van der Waals surface area contributed by atoms with Gasteiger partial charge in [0.05, 0.1) is 18.8 Å². The first-order valence-corrected chi connectivity index (χ1v) is 7.33. The van der Waals surface area contributed by atoms with Gasteiger partial charge in [-0.25, -0.2) is 0 Å². The second-order valence-corrected chi connectivity index (χ2v) is 5.46. The molecule has 1 aliphatic carbocycles. The lowest BCUT2D eigenvalue weighted by Crippen LogP contribution is -2.29. The Morgan fingerprint density at radius 2 is 2.00 bits per heavy atom. The van der Waals surface area contributed by atoms with E-state index in [1.54, 1.807) is 7.11 Å². The van der Waals surface area contributed by atoms with Gasteiger partial charge in [0.15, 0.2) is 0 Å². The minimum Gasteiger partial charge on any atom is -0.480 e. The van der Waals surface area contributed by atoms with Gasteiger partial charge in [0.25, 0.3) is 0 Å². The first-order chi connectivity index (χ1) is 9.28. The third kappa shape index (κ3) is 3.44. The number of ether oxygens (including phenoxy) is 1. The fourth-order valence-corrected chi connectivity index (χ4v) is 3.16. The second-order valence-electron chi connectivity index (χ2n) is 5.46. The molecule has 4 nitrogen and oxygen atoms in total. The Morgan fingerprint density at radius 3 is 2.47 bits per heavy atom. The van der Waals surface area contributed by atoms with Crippen LogP contribution in [0.2, 0.25) is 0 Å². The van der Waals surface area contributed by atoms with E-state index in [1.165, 1.54) is 32.1 Å². The molecule has 1 saturated carbocycles. The summed E-state index contributed by atoms with van der Waals surface area (Å²) < 4.78 is 5.06. The Morgan fingerprint density at radius 1 is 1.26 bits per heavy atom. The SMILES string of the molecule is CCC1CCC(C(NC)c2ccc(OC)nn2)CC1. The van der Waals surface area contributed by atoms with Crippen molar-refractivity contribution in [3.8, 4) is 5.88 Å². The Labute approximate surface area is 116 Å². The molecule has 4 heteroatoms. The van der Waals surface area contributed by atoms with E-state index in [4.69, 9.17) is 4.74 Å². The summed E-state index contributed by atoms with van der Waals surface area (Å²) in [5, 5.41) is 11.8.